The average molecular weight is 264 g/mol. The summed E-state index contributed by atoms with van der Waals surface area (Å²) in [7, 11) is 1.48. The lowest BCUT2D eigenvalue weighted by Crippen LogP contribution is -2.54. The van der Waals surface area contributed by atoms with Crippen molar-refractivity contribution in [1.29, 1.82) is 0 Å². The molecular formula is C13H16N2O4. The van der Waals surface area contributed by atoms with Crippen LogP contribution in [-0.4, -0.2) is 34.6 Å². The molecule has 0 aliphatic heterocycles. The fraction of sp³-hybridized carbons (Fsp3) is 0.462. The molecule has 0 radical (unpaired) electrons. The second-order valence-corrected chi connectivity index (χ2v) is 4.83. The molecule has 19 heavy (non-hydrogen) atoms. The maximum Gasteiger partial charge on any atom is 0.329 e. The maximum absolute atomic E-state index is 12.0. The Bertz CT molecular complexity index is 496. The van der Waals surface area contributed by atoms with Crippen molar-refractivity contribution in [3.8, 4) is 5.88 Å². The van der Waals surface area contributed by atoms with E-state index in [1.165, 1.54) is 13.3 Å². The third kappa shape index (κ3) is 2.67. The zero-order valence-corrected chi connectivity index (χ0v) is 10.8. The van der Waals surface area contributed by atoms with Crippen LogP contribution >= 0.6 is 0 Å². The number of rotatable bonds is 5. The van der Waals surface area contributed by atoms with Crippen LogP contribution in [0.25, 0.3) is 0 Å². The Kier molecular flexibility index (Phi) is 3.42. The van der Waals surface area contributed by atoms with Crippen LogP contribution in [0.5, 0.6) is 5.88 Å². The number of carbonyl (C=O) groups excluding carboxylic acids is 1. The molecule has 1 unspecified atom stereocenters. The van der Waals surface area contributed by atoms with Crippen molar-refractivity contribution in [2.75, 3.05) is 7.11 Å². The average Bonchev–Trinajstić information content (AvgIpc) is 3.23. The molecule has 2 N–H and O–H groups in total. The smallest absolute Gasteiger partial charge is 0.329 e. The predicted octanol–water partition coefficient (Wildman–Crippen LogP) is 1.07. The van der Waals surface area contributed by atoms with Crippen LogP contribution in [0.15, 0.2) is 18.3 Å². The molecule has 0 aromatic carbocycles. The van der Waals surface area contributed by atoms with Crippen LogP contribution in [0.4, 0.5) is 0 Å². The highest BCUT2D eigenvalue weighted by atomic mass is 16.5. The van der Waals surface area contributed by atoms with E-state index in [-0.39, 0.29) is 5.92 Å². The first kappa shape index (κ1) is 13.3. The van der Waals surface area contributed by atoms with Crippen molar-refractivity contribution in [2.45, 2.75) is 25.3 Å². The molecule has 6 nitrogen and oxygen atoms in total. The van der Waals surface area contributed by atoms with E-state index in [1.807, 2.05) is 0 Å². The number of nitrogens with one attached hydrogen (secondary N) is 1. The Morgan fingerprint density at radius 2 is 2.16 bits per heavy atom. The number of amides is 1. The van der Waals surface area contributed by atoms with E-state index < -0.39 is 17.4 Å². The number of carboxylic acid groups (broad SMARTS) is 1. The number of nitrogens with zero attached hydrogens (tertiary/aromatic N) is 1. The van der Waals surface area contributed by atoms with Gasteiger partial charge >= 0.3 is 5.97 Å². The van der Waals surface area contributed by atoms with Crippen molar-refractivity contribution >= 4 is 11.9 Å². The van der Waals surface area contributed by atoms with Gasteiger partial charge in [0.15, 0.2) is 0 Å². The Morgan fingerprint density at radius 3 is 2.58 bits per heavy atom. The zero-order chi connectivity index (χ0) is 14.0. The number of hydrogen-bond donors (Lipinski definition) is 2. The standard InChI is InChI=1S/C13H16N2O4/c1-13(12(17)18,9-4-5-9)15-11(16)8-3-6-10(19-2)14-7-8/h3,6-7,9H,4-5H2,1-2H3,(H,15,16)(H,17,18). The molecule has 1 aliphatic rings. The lowest BCUT2D eigenvalue weighted by Gasteiger charge is -2.26. The number of carboxylic acids is 1. The predicted molar refractivity (Wildman–Crippen MR) is 67.0 cm³/mol. The van der Waals surface area contributed by atoms with Gasteiger partial charge in [0.05, 0.1) is 12.7 Å². The summed E-state index contributed by atoms with van der Waals surface area (Å²) in [6.07, 6.45) is 3.01. The summed E-state index contributed by atoms with van der Waals surface area (Å²) in [4.78, 5) is 27.3. The molecule has 2 rings (SSSR count). The summed E-state index contributed by atoms with van der Waals surface area (Å²) in [5.74, 6) is -1.04. The number of carbonyl (C=O) groups is 2. The summed E-state index contributed by atoms with van der Waals surface area (Å²) in [6, 6.07) is 3.11. The minimum absolute atomic E-state index is 0.000146. The summed E-state index contributed by atoms with van der Waals surface area (Å²) < 4.78 is 4.90. The molecule has 102 valence electrons. The molecule has 0 spiro atoms. The molecule has 1 saturated carbocycles. The van der Waals surface area contributed by atoms with Gasteiger partial charge in [-0.05, 0) is 31.7 Å². The van der Waals surface area contributed by atoms with Crippen molar-refractivity contribution in [3.63, 3.8) is 0 Å². The lowest BCUT2D eigenvalue weighted by molar-refractivity contribution is -0.144. The minimum Gasteiger partial charge on any atom is -0.481 e. The van der Waals surface area contributed by atoms with Gasteiger partial charge in [-0.3, -0.25) is 4.79 Å². The van der Waals surface area contributed by atoms with E-state index in [9.17, 15) is 14.7 Å². The van der Waals surface area contributed by atoms with E-state index in [1.54, 1.807) is 19.1 Å². The van der Waals surface area contributed by atoms with Crippen LogP contribution in [0.3, 0.4) is 0 Å². The molecule has 1 amide bonds. The Hall–Kier alpha value is -2.11. The van der Waals surface area contributed by atoms with Crippen molar-refractivity contribution in [1.82, 2.24) is 10.3 Å². The second kappa shape index (κ2) is 4.87. The Labute approximate surface area is 110 Å². The molecule has 0 saturated heterocycles. The highest BCUT2D eigenvalue weighted by molar-refractivity contribution is 5.97. The number of aromatic nitrogens is 1. The van der Waals surface area contributed by atoms with Crippen LogP contribution in [0.1, 0.15) is 30.1 Å². The van der Waals surface area contributed by atoms with Crippen LogP contribution in [-0.2, 0) is 4.79 Å². The summed E-state index contributed by atoms with van der Waals surface area (Å²) in [6.45, 7) is 1.54. The van der Waals surface area contributed by atoms with Gasteiger partial charge in [0.25, 0.3) is 5.91 Å². The first-order valence-corrected chi connectivity index (χ1v) is 6.03. The largest absolute Gasteiger partial charge is 0.481 e. The van der Waals surface area contributed by atoms with Gasteiger partial charge in [-0.2, -0.15) is 0 Å². The van der Waals surface area contributed by atoms with E-state index in [4.69, 9.17) is 4.74 Å². The van der Waals surface area contributed by atoms with E-state index in [2.05, 4.69) is 10.3 Å². The van der Waals surface area contributed by atoms with Gasteiger partial charge in [0.2, 0.25) is 5.88 Å². The highest BCUT2D eigenvalue weighted by Crippen LogP contribution is 2.39. The number of ether oxygens (including phenoxy) is 1. The van der Waals surface area contributed by atoms with E-state index >= 15 is 0 Å². The third-order valence-corrected chi connectivity index (χ3v) is 3.42. The number of aliphatic carboxylic acids is 1. The topological polar surface area (TPSA) is 88.5 Å². The number of methoxy groups -OCH3 is 1. The molecule has 1 aromatic heterocycles. The van der Waals surface area contributed by atoms with Gasteiger partial charge in [-0.1, -0.05) is 0 Å². The highest BCUT2D eigenvalue weighted by Gasteiger charge is 2.48. The summed E-state index contributed by atoms with van der Waals surface area (Å²) in [5, 5.41) is 11.9. The fourth-order valence-electron chi connectivity index (χ4n) is 1.93. The normalized spacial score (nSPS) is 17.4. The number of pyridine rings is 1. The van der Waals surface area contributed by atoms with Crippen molar-refractivity contribution in [2.24, 2.45) is 5.92 Å². The maximum atomic E-state index is 12.0. The van der Waals surface area contributed by atoms with E-state index in [0.29, 0.717) is 11.4 Å². The molecule has 0 bridgehead atoms. The summed E-state index contributed by atoms with van der Waals surface area (Å²) in [5.41, 5.74) is -0.897. The van der Waals surface area contributed by atoms with Crippen molar-refractivity contribution < 1.29 is 19.4 Å². The molecule has 6 heteroatoms. The summed E-state index contributed by atoms with van der Waals surface area (Å²) >= 11 is 0. The fourth-order valence-corrected chi connectivity index (χ4v) is 1.93. The van der Waals surface area contributed by atoms with Crippen LogP contribution in [0, 0.1) is 5.92 Å². The number of hydrogen-bond acceptors (Lipinski definition) is 4. The second-order valence-electron chi connectivity index (χ2n) is 4.83. The van der Waals surface area contributed by atoms with Crippen LogP contribution in [0.2, 0.25) is 0 Å². The zero-order valence-electron chi connectivity index (χ0n) is 10.8. The monoisotopic (exact) mass is 264 g/mol. The van der Waals surface area contributed by atoms with E-state index in [0.717, 1.165) is 12.8 Å². The lowest BCUT2D eigenvalue weighted by atomic mass is 9.95. The quantitative estimate of drug-likeness (QED) is 0.830. The molecule has 1 fully saturated rings. The minimum atomic E-state index is -1.21. The molecule has 1 aliphatic carbocycles. The van der Waals surface area contributed by atoms with Gasteiger partial charge in [0, 0.05) is 12.3 Å². The SMILES string of the molecule is COc1ccc(C(=O)NC(C)(C(=O)O)C2CC2)cn1. The molecule has 1 heterocycles. The Balaban J connectivity index is 2.12. The molecular weight excluding hydrogens is 248 g/mol. The Morgan fingerprint density at radius 1 is 1.47 bits per heavy atom. The first-order chi connectivity index (χ1) is 8.97. The van der Waals surface area contributed by atoms with Gasteiger partial charge in [0.1, 0.15) is 5.54 Å². The van der Waals surface area contributed by atoms with Gasteiger partial charge in [-0.25, -0.2) is 9.78 Å². The molecule has 1 atom stereocenters. The van der Waals surface area contributed by atoms with Crippen LogP contribution < -0.4 is 10.1 Å². The van der Waals surface area contributed by atoms with Gasteiger partial charge in [-0.15, -0.1) is 0 Å². The van der Waals surface area contributed by atoms with Crippen molar-refractivity contribution in [3.05, 3.63) is 23.9 Å². The third-order valence-electron chi connectivity index (χ3n) is 3.42. The molecule has 1 aromatic rings. The first-order valence-electron chi connectivity index (χ1n) is 6.03. The van der Waals surface area contributed by atoms with Gasteiger partial charge < -0.3 is 15.2 Å².